The van der Waals surface area contributed by atoms with E-state index < -0.39 is 0 Å². The Balaban J connectivity index is 3.11. The molecule has 0 radical (unpaired) electrons. The first-order valence-electron chi connectivity index (χ1n) is 5.01. The van der Waals surface area contributed by atoms with Gasteiger partial charge in [-0.2, -0.15) is 0 Å². The zero-order chi connectivity index (χ0) is 12.1. The Morgan fingerprint density at radius 3 is 2.38 bits per heavy atom. The SMILES string of the molecule is C=CN(C=O)CCOCCOCCNC=O. The summed E-state index contributed by atoms with van der Waals surface area (Å²) in [6.45, 7) is 6.30. The predicted molar refractivity (Wildman–Crippen MR) is 58.7 cm³/mol. The summed E-state index contributed by atoms with van der Waals surface area (Å²) in [6.07, 6.45) is 2.76. The van der Waals surface area contributed by atoms with Gasteiger partial charge in [-0.1, -0.05) is 6.58 Å². The summed E-state index contributed by atoms with van der Waals surface area (Å²) < 4.78 is 10.4. The molecule has 0 saturated heterocycles. The van der Waals surface area contributed by atoms with Crippen molar-refractivity contribution in [2.24, 2.45) is 0 Å². The van der Waals surface area contributed by atoms with E-state index in [1.807, 2.05) is 0 Å². The summed E-state index contributed by atoms with van der Waals surface area (Å²) in [4.78, 5) is 21.6. The molecule has 0 bridgehead atoms. The Hall–Kier alpha value is -1.40. The molecule has 0 aliphatic carbocycles. The maximum absolute atomic E-state index is 10.3. The smallest absolute Gasteiger partial charge is 0.213 e. The lowest BCUT2D eigenvalue weighted by Crippen LogP contribution is -2.22. The molecule has 6 nitrogen and oxygen atoms in total. The lowest BCUT2D eigenvalue weighted by atomic mass is 10.6. The second-order valence-electron chi connectivity index (χ2n) is 2.82. The summed E-state index contributed by atoms with van der Waals surface area (Å²) >= 11 is 0. The van der Waals surface area contributed by atoms with Crippen LogP contribution in [0, 0.1) is 0 Å². The number of amides is 2. The van der Waals surface area contributed by atoms with Crippen LogP contribution in [-0.2, 0) is 19.1 Å². The molecule has 0 spiro atoms. The fraction of sp³-hybridized carbons (Fsp3) is 0.600. The van der Waals surface area contributed by atoms with Gasteiger partial charge in [0.2, 0.25) is 12.8 Å². The zero-order valence-electron chi connectivity index (χ0n) is 9.26. The van der Waals surface area contributed by atoms with Gasteiger partial charge in [-0.25, -0.2) is 0 Å². The molecular formula is C10H18N2O4. The van der Waals surface area contributed by atoms with Crippen LogP contribution in [0.15, 0.2) is 12.8 Å². The van der Waals surface area contributed by atoms with Gasteiger partial charge in [0.25, 0.3) is 0 Å². The fourth-order valence-electron chi connectivity index (χ4n) is 0.869. The van der Waals surface area contributed by atoms with Crippen LogP contribution in [0.1, 0.15) is 0 Å². The van der Waals surface area contributed by atoms with Gasteiger partial charge in [-0.05, 0) is 6.20 Å². The van der Waals surface area contributed by atoms with Crippen molar-refractivity contribution >= 4 is 12.8 Å². The molecule has 0 aliphatic heterocycles. The highest BCUT2D eigenvalue weighted by Gasteiger charge is 1.95. The first-order chi connectivity index (χ1) is 7.85. The number of rotatable bonds is 12. The minimum atomic E-state index is 0.445. The normalized spacial score (nSPS) is 9.50. The van der Waals surface area contributed by atoms with Gasteiger partial charge >= 0.3 is 0 Å². The number of nitrogens with zero attached hydrogens (tertiary/aromatic N) is 1. The molecule has 0 aromatic rings. The molecule has 0 fully saturated rings. The van der Waals surface area contributed by atoms with Crippen molar-refractivity contribution in [3.8, 4) is 0 Å². The molecule has 2 amide bonds. The number of nitrogens with one attached hydrogen (secondary N) is 1. The minimum absolute atomic E-state index is 0.445. The predicted octanol–water partition coefficient (Wildman–Crippen LogP) is -0.632. The van der Waals surface area contributed by atoms with Crippen LogP contribution in [0.3, 0.4) is 0 Å². The van der Waals surface area contributed by atoms with Gasteiger partial charge in [0, 0.05) is 13.1 Å². The Morgan fingerprint density at radius 2 is 1.81 bits per heavy atom. The van der Waals surface area contributed by atoms with Crippen molar-refractivity contribution in [2.75, 3.05) is 39.5 Å². The Bertz CT molecular complexity index is 191. The van der Waals surface area contributed by atoms with Crippen LogP contribution in [0.4, 0.5) is 0 Å². The molecule has 0 aliphatic rings. The summed E-state index contributed by atoms with van der Waals surface area (Å²) in [5, 5.41) is 2.48. The van der Waals surface area contributed by atoms with Crippen LogP contribution in [0.5, 0.6) is 0 Å². The highest BCUT2D eigenvalue weighted by Crippen LogP contribution is 1.84. The van der Waals surface area contributed by atoms with E-state index in [1.54, 1.807) is 0 Å². The van der Waals surface area contributed by atoms with Crippen molar-refractivity contribution in [1.82, 2.24) is 10.2 Å². The van der Waals surface area contributed by atoms with Crippen LogP contribution < -0.4 is 5.32 Å². The van der Waals surface area contributed by atoms with E-state index in [-0.39, 0.29) is 0 Å². The van der Waals surface area contributed by atoms with E-state index >= 15 is 0 Å². The Kier molecular flexibility index (Phi) is 10.7. The van der Waals surface area contributed by atoms with E-state index in [9.17, 15) is 9.59 Å². The highest BCUT2D eigenvalue weighted by atomic mass is 16.5. The third kappa shape index (κ3) is 9.17. The van der Waals surface area contributed by atoms with Crippen molar-refractivity contribution in [2.45, 2.75) is 0 Å². The molecule has 0 heterocycles. The van der Waals surface area contributed by atoms with Crippen LogP contribution in [0.25, 0.3) is 0 Å². The summed E-state index contributed by atoms with van der Waals surface area (Å²) in [5.41, 5.74) is 0. The van der Waals surface area contributed by atoms with Crippen LogP contribution >= 0.6 is 0 Å². The van der Waals surface area contributed by atoms with Crippen molar-refractivity contribution in [3.05, 3.63) is 12.8 Å². The summed E-state index contributed by atoms with van der Waals surface area (Å²) in [5.74, 6) is 0. The monoisotopic (exact) mass is 230 g/mol. The van der Waals surface area contributed by atoms with E-state index in [0.29, 0.717) is 52.3 Å². The molecule has 0 unspecified atom stereocenters. The molecule has 0 atom stereocenters. The average molecular weight is 230 g/mol. The maximum Gasteiger partial charge on any atom is 0.213 e. The highest BCUT2D eigenvalue weighted by molar-refractivity contribution is 5.48. The van der Waals surface area contributed by atoms with Crippen molar-refractivity contribution in [1.29, 1.82) is 0 Å². The van der Waals surface area contributed by atoms with E-state index in [1.165, 1.54) is 11.1 Å². The first kappa shape index (κ1) is 14.6. The third-order valence-corrected chi connectivity index (χ3v) is 1.71. The Morgan fingerprint density at radius 1 is 1.12 bits per heavy atom. The topological polar surface area (TPSA) is 67.9 Å². The van der Waals surface area contributed by atoms with Gasteiger partial charge in [-0.3, -0.25) is 9.59 Å². The molecule has 92 valence electrons. The number of carbonyl (C=O) groups excluding carboxylic acids is 2. The summed E-state index contributed by atoms with van der Waals surface area (Å²) in [7, 11) is 0. The Labute approximate surface area is 95.2 Å². The van der Waals surface area contributed by atoms with E-state index in [4.69, 9.17) is 9.47 Å². The molecule has 0 aromatic carbocycles. The van der Waals surface area contributed by atoms with Crippen molar-refractivity contribution < 1.29 is 19.1 Å². The lowest BCUT2D eigenvalue weighted by Gasteiger charge is -2.11. The number of hydrogen-bond acceptors (Lipinski definition) is 4. The molecule has 0 aromatic heterocycles. The third-order valence-electron chi connectivity index (χ3n) is 1.71. The maximum atomic E-state index is 10.3. The standard InChI is InChI=1S/C10H18N2O4/c1-2-12(10-14)4-6-16-8-7-15-5-3-11-9-13/h2,9-10H,1,3-8H2,(H,11,13). The van der Waals surface area contributed by atoms with Gasteiger partial charge in [0.05, 0.1) is 26.4 Å². The minimum Gasteiger partial charge on any atom is -0.377 e. The van der Waals surface area contributed by atoms with Gasteiger partial charge in [-0.15, -0.1) is 0 Å². The lowest BCUT2D eigenvalue weighted by molar-refractivity contribution is -0.116. The molecule has 0 rings (SSSR count). The quantitative estimate of drug-likeness (QED) is 0.358. The molecule has 0 saturated carbocycles. The average Bonchev–Trinajstić information content (AvgIpc) is 2.32. The van der Waals surface area contributed by atoms with Crippen LogP contribution in [0.2, 0.25) is 0 Å². The number of carbonyl (C=O) groups is 2. The molecule has 6 heteroatoms. The van der Waals surface area contributed by atoms with Gasteiger partial charge in [0.15, 0.2) is 0 Å². The second kappa shape index (κ2) is 11.7. The second-order valence-corrected chi connectivity index (χ2v) is 2.82. The zero-order valence-corrected chi connectivity index (χ0v) is 9.26. The van der Waals surface area contributed by atoms with Crippen LogP contribution in [-0.4, -0.2) is 57.2 Å². The molecular weight excluding hydrogens is 212 g/mol. The first-order valence-corrected chi connectivity index (χ1v) is 5.01. The van der Waals surface area contributed by atoms with Gasteiger partial charge < -0.3 is 19.7 Å². The largest absolute Gasteiger partial charge is 0.377 e. The molecule has 1 N–H and O–H groups in total. The fourth-order valence-corrected chi connectivity index (χ4v) is 0.869. The number of hydrogen-bond donors (Lipinski definition) is 1. The summed E-state index contributed by atoms with van der Waals surface area (Å²) in [6, 6.07) is 0. The van der Waals surface area contributed by atoms with E-state index in [0.717, 1.165) is 0 Å². The van der Waals surface area contributed by atoms with E-state index in [2.05, 4.69) is 11.9 Å². The number of ether oxygens (including phenoxy) is 2. The van der Waals surface area contributed by atoms with Crippen molar-refractivity contribution in [3.63, 3.8) is 0 Å². The van der Waals surface area contributed by atoms with Gasteiger partial charge in [0.1, 0.15) is 0 Å². The molecule has 16 heavy (non-hydrogen) atoms.